The van der Waals surface area contributed by atoms with Crippen molar-refractivity contribution in [3.63, 3.8) is 0 Å². The number of hydrogen-bond donors (Lipinski definition) is 0. The Labute approximate surface area is 173 Å². The molecular weight excluding hydrogens is 400 g/mol. The lowest BCUT2D eigenvalue weighted by Gasteiger charge is -2.12. The number of thioether (sulfide) groups is 1. The predicted octanol–water partition coefficient (Wildman–Crippen LogP) is 4.66. The molecule has 0 spiro atoms. The minimum Gasteiger partial charge on any atom is -0.495 e. The zero-order valence-electron chi connectivity index (χ0n) is 15.5. The normalized spacial score (nSPS) is 16.0. The number of rotatable bonds is 8. The zero-order chi connectivity index (χ0) is 19.9. The molecule has 3 rings (SSSR count). The van der Waals surface area contributed by atoms with E-state index in [1.807, 2.05) is 12.1 Å². The lowest BCUT2D eigenvalue weighted by atomic mass is 10.1. The third-order valence-electron chi connectivity index (χ3n) is 4.36. The molecule has 5 nitrogen and oxygen atoms in total. The third-order valence-corrected chi connectivity index (χ3v) is 5.86. The number of halogens is 1. The van der Waals surface area contributed by atoms with Crippen molar-refractivity contribution in [2.24, 2.45) is 0 Å². The summed E-state index contributed by atoms with van der Waals surface area (Å²) in [6, 6.07) is 11.9. The van der Waals surface area contributed by atoms with Crippen LogP contribution in [-0.2, 0) is 9.47 Å². The molecule has 1 fully saturated rings. The highest BCUT2D eigenvalue weighted by atomic mass is 35.5. The van der Waals surface area contributed by atoms with E-state index in [4.69, 9.17) is 25.8 Å². The highest BCUT2D eigenvalue weighted by Gasteiger charge is 2.19. The molecule has 0 unspecified atom stereocenters. The van der Waals surface area contributed by atoms with E-state index in [0.717, 1.165) is 30.1 Å². The number of carbonyl (C=O) groups is 2. The van der Waals surface area contributed by atoms with Crippen LogP contribution in [-0.4, -0.2) is 43.9 Å². The second-order valence-corrected chi connectivity index (χ2v) is 7.76. The molecule has 148 valence electrons. The van der Waals surface area contributed by atoms with Gasteiger partial charge in [-0.15, -0.1) is 11.8 Å². The van der Waals surface area contributed by atoms with Gasteiger partial charge in [0.25, 0.3) is 0 Å². The Morgan fingerprint density at radius 2 is 2.07 bits per heavy atom. The van der Waals surface area contributed by atoms with Crippen molar-refractivity contribution in [2.75, 3.05) is 26.1 Å². The van der Waals surface area contributed by atoms with Gasteiger partial charge in [-0.2, -0.15) is 0 Å². The van der Waals surface area contributed by atoms with E-state index in [0.29, 0.717) is 21.9 Å². The molecule has 1 atom stereocenters. The fourth-order valence-electron chi connectivity index (χ4n) is 2.85. The van der Waals surface area contributed by atoms with Crippen LogP contribution in [0.5, 0.6) is 5.75 Å². The Kier molecular flexibility index (Phi) is 7.36. The number of ether oxygens (including phenoxy) is 3. The Morgan fingerprint density at radius 3 is 2.79 bits per heavy atom. The third kappa shape index (κ3) is 5.28. The number of esters is 1. The summed E-state index contributed by atoms with van der Waals surface area (Å²) < 4.78 is 15.9. The van der Waals surface area contributed by atoms with Gasteiger partial charge in [-0.05, 0) is 43.2 Å². The zero-order valence-corrected chi connectivity index (χ0v) is 17.1. The smallest absolute Gasteiger partial charge is 0.339 e. The van der Waals surface area contributed by atoms with Gasteiger partial charge < -0.3 is 14.2 Å². The van der Waals surface area contributed by atoms with Crippen molar-refractivity contribution in [3.8, 4) is 5.75 Å². The Bertz CT molecular complexity index is 848. The average molecular weight is 421 g/mol. The maximum absolute atomic E-state index is 12.5. The SMILES string of the molecule is COc1ccc(C(=O)COC(=O)c2ccccc2SC[C@H]2CCCO2)cc1Cl. The number of carbonyl (C=O) groups excluding carboxylic acids is 2. The quantitative estimate of drug-likeness (QED) is 0.351. The van der Waals surface area contributed by atoms with E-state index < -0.39 is 5.97 Å². The summed E-state index contributed by atoms with van der Waals surface area (Å²) in [5, 5.41) is 0.329. The molecule has 1 aliphatic heterocycles. The molecule has 0 bridgehead atoms. The molecule has 1 aliphatic rings. The van der Waals surface area contributed by atoms with Gasteiger partial charge in [0.15, 0.2) is 12.4 Å². The predicted molar refractivity (Wildman–Crippen MR) is 109 cm³/mol. The first-order valence-corrected chi connectivity index (χ1v) is 10.3. The van der Waals surface area contributed by atoms with Crippen molar-refractivity contribution < 1.29 is 23.8 Å². The van der Waals surface area contributed by atoms with Crippen molar-refractivity contribution in [1.82, 2.24) is 0 Å². The number of ketones is 1. The molecule has 0 radical (unpaired) electrons. The topological polar surface area (TPSA) is 61.8 Å². The largest absolute Gasteiger partial charge is 0.495 e. The van der Waals surface area contributed by atoms with Crippen LogP contribution in [0.2, 0.25) is 5.02 Å². The molecule has 0 aromatic heterocycles. The van der Waals surface area contributed by atoms with E-state index in [-0.39, 0.29) is 18.5 Å². The number of Topliss-reactive ketones (excluding diaryl/α,β-unsaturated/α-hetero) is 1. The molecular formula is C21H21ClO5S. The molecule has 1 heterocycles. The lowest BCUT2D eigenvalue weighted by Crippen LogP contribution is -2.15. The molecule has 1 saturated heterocycles. The van der Waals surface area contributed by atoms with E-state index >= 15 is 0 Å². The summed E-state index contributed by atoms with van der Waals surface area (Å²) in [4.78, 5) is 25.6. The Hall–Kier alpha value is -2.02. The number of methoxy groups -OCH3 is 1. The standard InChI is InChI=1S/C21H21ClO5S/c1-25-19-9-8-14(11-17(19)22)18(23)12-27-21(24)16-6-2-3-7-20(16)28-13-15-5-4-10-26-15/h2-3,6-9,11,15H,4-5,10,12-13H2,1H3/t15-/m1/s1. The van der Waals surface area contributed by atoms with Gasteiger partial charge in [-0.25, -0.2) is 4.79 Å². The maximum Gasteiger partial charge on any atom is 0.339 e. The molecule has 2 aromatic rings. The second-order valence-electron chi connectivity index (χ2n) is 6.29. The van der Waals surface area contributed by atoms with Gasteiger partial charge in [-0.1, -0.05) is 23.7 Å². The van der Waals surface area contributed by atoms with Crippen molar-refractivity contribution in [2.45, 2.75) is 23.8 Å². The first-order valence-electron chi connectivity index (χ1n) is 8.96. The van der Waals surface area contributed by atoms with Gasteiger partial charge in [0.2, 0.25) is 0 Å². The fourth-order valence-corrected chi connectivity index (χ4v) is 4.22. The van der Waals surface area contributed by atoms with Crippen molar-refractivity contribution in [3.05, 3.63) is 58.6 Å². The van der Waals surface area contributed by atoms with Gasteiger partial charge in [0.1, 0.15) is 5.75 Å². The summed E-state index contributed by atoms with van der Waals surface area (Å²) in [5.41, 5.74) is 0.811. The average Bonchev–Trinajstić information content (AvgIpc) is 3.24. The van der Waals surface area contributed by atoms with E-state index in [9.17, 15) is 9.59 Å². The number of benzene rings is 2. The van der Waals surface area contributed by atoms with Crippen LogP contribution >= 0.6 is 23.4 Å². The van der Waals surface area contributed by atoms with E-state index in [1.54, 1.807) is 36.0 Å². The van der Waals surface area contributed by atoms with Gasteiger partial charge in [0.05, 0.1) is 23.8 Å². The van der Waals surface area contributed by atoms with Gasteiger partial charge in [0, 0.05) is 22.8 Å². The van der Waals surface area contributed by atoms with E-state index in [1.165, 1.54) is 13.2 Å². The van der Waals surface area contributed by atoms with Crippen molar-refractivity contribution >= 4 is 35.1 Å². The molecule has 0 aliphatic carbocycles. The van der Waals surface area contributed by atoms with Crippen LogP contribution in [0.15, 0.2) is 47.4 Å². The first kappa shape index (κ1) is 20.7. The van der Waals surface area contributed by atoms with Crippen LogP contribution in [0.25, 0.3) is 0 Å². The Morgan fingerprint density at radius 1 is 1.25 bits per heavy atom. The van der Waals surface area contributed by atoms with Crippen molar-refractivity contribution in [1.29, 1.82) is 0 Å². The number of hydrogen-bond acceptors (Lipinski definition) is 6. The first-order chi connectivity index (χ1) is 13.6. The highest BCUT2D eigenvalue weighted by molar-refractivity contribution is 7.99. The van der Waals surface area contributed by atoms with Crippen LogP contribution in [0.1, 0.15) is 33.6 Å². The minimum atomic E-state index is -0.525. The van der Waals surface area contributed by atoms with E-state index in [2.05, 4.69) is 0 Å². The fraction of sp³-hybridized carbons (Fsp3) is 0.333. The van der Waals surface area contributed by atoms with Crippen LogP contribution < -0.4 is 4.74 Å². The van der Waals surface area contributed by atoms with Crippen LogP contribution in [0.4, 0.5) is 0 Å². The molecule has 0 saturated carbocycles. The monoisotopic (exact) mass is 420 g/mol. The van der Waals surface area contributed by atoms with Crippen LogP contribution in [0.3, 0.4) is 0 Å². The lowest BCUT2D eigenvalue weighted by molar-refractivity contribution is 0.0471. The molecule has 0 amide bonds. The summed E-state index contributed by atoms with van der Waals surface area (Å²) in [6.07, 6.45) is 2.33. The maximum atomic E-state index is 12.5. The highest BCUT2D eigenvalue weighted by Crippen LogP contribution is 2.28. The van der Waals surface area contributed by atoms with Gasteiger partial charge in [-0.3, -0.25) is 4.79 Å². The summed E-state index contributed by atoms with van der Waals surface area (Å²) in [5.74, 6) is 0.409. The minimum absolute atomic E-state index is 0.218. The summed E-state index contributed by atoms with van der Waals surface area (Å²) in [6.45, 7) is 0.443. The summed E-state index contributed by atoms with van der Waals surface area (Å²) in [7, 11) is 1.50. The van der Waals surface area contributed by atoms with Crippen LogP contribution in [0, 0.1) is 0 Å². The molecule has 2 aromatic carbocycles. The summed E-state index contributed by atoms with van der Waals surface area (Å²) >= 11 is 7.61. The molecule has 28 heavy (non-hydrogen) atoms. The molecule has 7 heteroatoms. The molecule has 0 N–H and O–H groups in total. The van der Waals surface area contributed by atoms with Gasteiger partial charge >= 0.3 is 5.97 Å². The second kappa shape index (κ2) is 9.96. The Balaban J connectivity index is 1.60.